The van der Waals surface area contributed by atoms with Gasteiger partial charge < -0.3 is 10.6 Å². The van der Waals surface area contributed by atoms with E-state index in [0.717, 1.165) is 0 Å². The summed E-state index contributed by atoms with van der Waals surface area (Å²) < 4.78 is 36.1. The Labute approximate surface area is 111 Å². The summed E-state index contributed by atoms with van der Waals surface area (Å²) >= 11 is 0. The van der Waals surface area contributed by atoms with Crippen molar-refractivity contribution in [3.63, 3.8) is 0 Å². The van der Waals surface area contributed by atoms with Crippen molar-refractivity contribution in [3.05, 3.63) is 35.9 Å². The zero-order chi connectivity index (χ0) is 15.2. The molecule has 0 spiro atoms. The lowest BCUT2D eigenvalue weighted by Crippen LogP contribution is -2.41. The number of carbonyl (C=O) groups excluding carboxylic acids is 2. The smallest absolute Gasteiger partial charge is 0.322 e. The maximum Gasteiger partial charge on any atom is 0.493 e. The topological polar surface area (TPSA) is 81.9 Å². The van der Waals surface area contributed by atoms with Crippen LogP contribution >= 0.6 is 0 Å². The van der Waals surface area contributed by atoms with Crippen LogP contribution in [0.5, 0.6) is 0 Å². The third-order valence-corrected chi connectivity index (χ3v) is 1.97. The number of halogens is 3. The molecule has 0 fully saturated rings. The predicted molar refractivity (Wildman–Crippen MR) is 59.3 cm³/mol. The number of nitrogens with two attached hydrogens (primary N) is 1. The van der Waals surface area contributed by atoms with Gasteiger partial charge in [-0.1, -0.05) is 30.3 Å². The van der Waals surface area contributed by atoms with Crippen LogP contribution in [0.3, 0.4) is 0 Å². The third-order valence-electron chi connectivity index (χ3n) is 1.97. The van der Waals surface area contributed by atoms with Crippen molar-refractivity contribution in [2.45, 2.75) is 12.8 Å². The van der Waals surface area contributed by atoms with Crippen LogP contribution in [-0.2, 0) is 25.9 Å². The van der Waals surface area contributed by atoms with E-state index in [9.17, 15) is 22.8 Å². The fourth-order valence-corrected chi connectivity index (χ4v) is 1.06. The molecule has 1 amide bonds. The zero-order valence-electron chi connectivity index (χ0n) is 10.1. The largest absolute Gasteiger partial charge is 0.493 e. The molecule has 0 saturated heterocycles. The molecule has 0 aliphatic carbocycles. The monoisotopic (exact) mass is 292 g/mol. The van der Waals surface area contributed by atoms with Crippen LogP contribution in [0.4, 0.5) is 13.2 Å². The van der Waals surface area contributed by atoms with Crippen LogP contribution in [-0.4, -0.2) is 29.8 Å². The summed E-state index contributed by atoms with van der Waals surface area (Å²) in [6.07, 6.45) is -5.25. The number of benzene rings is 1. The molecule has 1 aromatic rings. The Morgan fingerprint density at radius 3 is 2.30 bits per heavy atom. The molecule has 1 rings (SSSR count). The second-order valence-electron chi connectivity index (χ2n) is 3.49. The molecule has 0 aliphatic heterocycles. The first kappa shape index (κ1) is 15.9. The van der Waals surface area contributed by atoms with Gasteiger partial charge in [0, 0.05) is 0 Å². The second-order valence-corrected chi connectivity index (χ2v) is 3.49. The molecule has 0 aromatic heterocycles. The normalized spacial score (nSPS) is 11.0. The molecular formula is C11H11F3N2O4. The summed E-state index contributed by atoms with van der Waals surface area (Å²) in [5.74, 6) is -3.70. The van der Waals surface area contributed by atoms with E-state index in [1.165, 1.54) is 0 Å². The van der Waals surface area contributed by atoms with E-state index < -0.39 is 24.6 Å². The van der Waals surface area contributed by atoms with Crippen molar-refractivity contribution in [3.8, 4) is 0 Å². The summed E-state index contributed by atoms with van der Waals surface area (Å²) in [5, 5.41) is -0.164. The molecular weight excluding hydrogens is 281 g/mol. The highest BCUT2D eigenvalue weighted by molar-refractivity contribution is 5.80. The van der Waals surface area contributed by atoms with Crippen molar-refractivity contribution in [1.29, 1.82) is 0 Å². The fraction of sp³-hybridized carbons (Fsp3) is 0.273. The van der Waals surface area contributed by atoms with Crippen LogP contribution in [0.25, 0.3) is 0 Å². The van der Waals surface area contributed by atoms with Crippen molar-refractivity contribution in [1.82, 2.24) is 5.23 Å². The minimum absolute atomic E-state index is 0.164. The number of alkyl halides is 3. The van der Waals surface area contributed by atoms with Gasteiger partial charge in [-0.2, -0.15) is 13.2 Å². The maximum absolute atomic E-state index is 12.0. The number of hydrogen-bond donors (Lipinski definition) is 1. The molecule has 0 heterocycles. The summed E-state index contributed by atoms with van der Waals surface area (Å²) in [6, 6.07) is 8.26. The molecule has 0 unspecified atom stereocenters. The highest BCUT2D eigenvalue weighted by atomic mass is 19.4. The highest BCUT2D eigenvalue weighted by Gasteiger charge is 2.43. The quantitative estimate of drug-likeness (QED) is 0.835. The number of hydroxylamine groups is 2. The van der Waals surface area contributed by atoms with E-state index in [1.807, 2.05) is 0 Å². The van der Waals surface area contributed by atoms with Gasteiger partial charge in [0.15, 0.2) is 0 Å². The number of hydrogen-bond acceptors (Lipinski definition) is 5. The van der Waals surface area contributed by atoms with Crippen LogP contribution in [0.2, 0.25) is 0 Å². The minimum atomic E-state index is -5.25. The van der Waals surface area contributed by atoms with Gasteiger partial charge in [0.25, 0.3) is 5.91 Å². The molecule has 110 valence electrons. The minimum Gasteiger partial charge on any atom is -0.322 e. The summed E-state index contributed by atoms with van der Waals surface area (Å²) in [6.45, 7) is -0.947. The first-order valence-electron chi connectivity index (χ1n) is 5.33. The molecule has 9 heteroatoms. The maximum atomic E-state index is 12.0. The van der Waals surface area contributed by atoms with Gasteiger partial charge in [-0.15, -0.1) is 0 Å². The van der Waals surface area contributed by atoms with Crippen molar-refractivity contribution in [2.24, 2.45) is 5.73 Å². The Morgan fingerprint density at radius 2 is 1.80 bits per heavy atom. The SMILES string of the molecule is NCC(=O)N(OCc1ccccc1)OC(=O)C(F)(F)F. The molecule has 1 aromatic carbocycles. The molecule has 20 heavy (non-hydrogen) atoms. The molecule has 0 radical (unpaired) electrons. The Morgan fingerprint density at radius 1 is 1.20 bits per heavy atom. The van der Waals surface area contributed by atoms with Crippen molar-refractivity contribution >= 4 is 11.9 Å². The number of rotatable bonds is 4. The summed E-state index contributed by atoms with van der Waals surface area (Å²) in [5.41, 5.74) is 5.54. The van der Waals surface area contributed by atoms with Crippen molar-refractivity contribution < 1.29 is 32.4 Å². The first-order chi connectivity index (χ1) is 9.34. The van der Waals surface area contributed by atoms with Gasteiger partial charge in [-0.05, 0) is 10.8 Å². The summed E-state index contributed by atoms with van der Waals surface area (Å²) in [4.78, 5) is 30.4. The Bertz CT molecular complexity index is 464. The lowest BCUT2D eigenvalue weighted by molar-refractivity contribution is -0.340. The fourth-order valence-electron chi connectivity index (χ4n) is 1.06. The van der Waals surface area contributed by atoms with E-state index in [-0.39, 0.29) is 11.8 Å². The lowest BCUT2D eigenvalue weighted by atomic mass is 10.2. The van der Waals surface area contributed by atoms with E-state index >= 15 is 0 Å². The van der Waals surface area contributed by atoms with Gasteiger partial charge in [0.2, 0.25) is 0 Å². The van der Waals surface area contributed by atoms with Gasteiger partial charge >= 0.3 is 12.1 Å². The molecule has 0 bridgehead atoms. The van der Waals surface area contributed by atoms with Crippen LogP contribution < -0.4 is 5.73 Å². The van der Waals surface area contributed by atoms with Gasteiger partial charge in [-0.3, -0.25) is 4.79 Å². The molecule has 0 saturated carbocycles. The first-order valence-corrected chi connectivity index (χ1v) is 5.33. The van der Waals surface area contributed by atoms with E-state index in [2.05, 4.69) is 4.84 Å². The Balaban J connectivity index is 2.66. The van der Waals surface area contributed by atoms with Crippen molar-refractivity contribution in [2.75, 3.05) is 6.54 Å². The van der Waals surface area contributed by atoms with Gasteiger partial charge in [0.05, 0.1) is 6.54 Å². The lowest BCUT2D eigenvalue weighted by Gasteiger charge is -2.19. The zero-order valence-corrected chi connectivity index (χ0v) is 10.1. The molecule has 0 aliphatic rings. The highest BCUT2D eigenvalue weighted by Crippen LogP contribution is 2.17. The van der Waals surface area contributed by atoms with Gasteiger partial charge in [-0.25, -0.2) is 9.63 Å². The summed E-state index contributed by atoms with van der Waals surface area (Å²) in [7, 11) is 0. The Hall–Kier alpha value is -2.13. The molecule has 6 nitrogen and oxygen atoms in total. The van der Waals surface area contributed by atoms with E-state index in [1.54, 1.807) is 30.3 Å². The predicted octanol–water partition coefficient (Wildman–Crippen LogP) is 0.926. The third kappa shape index (κ3) is 4.86. The average Bonchev–Trinajstić information content (AvgIpc) is 2.42. The number of nitrogens with zero attached hydrogens (tertiary/aromatic N) is 1. The average molecular weight is 292 g/mol. The van der Waals surface area contributed by atoms with Gasteiger partial charge in [0.1, 0.15) is 6.61 Å². The molecule has 2 N–H and O–H groups in total. The van der Waals surface area contributed by atoms with E-state index in [4.69, 9.17) is 10.6 Å². The van der Waals surface area contributed by atoms with E-state index in [0.29, 0.717) is 5.56 Å². The standard InChI is InChI=1S/C11H11F3N2O4/c12-11(13,14)10(18)20-16(9(17)6-15)19-7-8-4-2-1-3-5-8/h1-5H,6-7,15H2. The molecule has 0 atom stereocenters. The second kappa shape index (κ2) is 6.87. The Kier molecular flexibility index (Phi) is 5.47. The number of carbonyl (C=O) groups is 2. The van der Waals surface area contributed by atoms with Crippen LogP contribution in [0.1, 0.15) is 5.56 Å². The van der Waals surface area contributed by atoms with Crippen LogP contribution in [0, 0.1) is 0 Å². The van der Waals surface area contributed by atoms with Crippen LogP contribution in [0.15, 0.2) is 30.3 Å². The number of amides is 1.